The summed E-state index contributed by atoms with van der Waals surface area (Å²) in [4.78, 5) is 23.6. The van der Waals surface area contributed by atoms with Crippen LogP contribution in [-0.2, 0) is 20.9 Å². The maximum atomic E-state index is 12.3. The molecule has 1 aliphatic rings. The van der Waals surface area contributed by atoms with Crippen LogP contribution in [0, 0.1) is 5.92 Å². The van der Waals surface area contributed by atoms with Crippen molar-refractivity contribution >= 4 is 17.5 Å². The van der Waals surface area contributed by atoms with E-state index in [2.05, 4.69) is 15.7 Å². The number of nitrogens with zero attached hydrogens (tertiary/aromatic N) is 2. The molecule has 0 aromatic carbocycles. The highest BCUT2D eigenvalue weighted by atomic mass is 16.5. The molecule has 7 heteroatoms. The first kappa shape index (κ1) is 15.5. The molecule has 2 heterocycles. The van der Waals surface area contributed by atoms with Crippen LogP contribution in [-0.4, -0.2) is 41.4 Å². The Morgan fingerprint density at radius 1 is 1.52 bits per heavy atom. The van der Waals surface area contributed by atoms with Gasteiger partial charge in [0, 0.05) is 19.9 Å². The minimum absolute atomic E-state index is 0.0142. The van der Waals surface area contributed by atoms with E-state index in [0.29, 0.717) is 5.69 Å². The second-order valence-corrected chi connectivity index (χ2v) is 5.16. The first-order valence-corrected chi connectivity index (χ1v) is 7.29. The Morgan fingerprint density at radius 2 is 2.33 bits per heavy atom. The molecule has 2 rings (SSSR count). The molecule has 1 fully saturated rings. The van der Waals surface area contributed by atoms with E-state index < -0.39 is 0 Å². The van der Waals surface area contributed by atoms with Gasteiger partial charge in [-0.2, -0.15) is 5.10 Å². The van der Waals surface area contributed by atoms with Crippen LogP contribution < -0.4 is 10.6 Å². The van der Waals surface area contributed by atoms with Gasteiger partial charge in [-0.05, 0) is 19.3 Å². The smallest absolute Gasteiger partial charge is 0.241 e. The van der Waals surface area contributed by atoms with Gasteiger partial charge in [-0.3, -0.25) is 14.3 Å². The number of carbonyl (C=O) groups excluding carboxylic acids is 2. The summed E-state index contributed by atoms with van der Waals surface area (Å²) in [7, 11) is 1.57. The zero-order valence-corrected chi connectivity index (χ0v) is 12.5. The zero-order valence-electron chi connectivity index (χ0n) is 12.5. The van der Waals surface area contributed by atoms with E-state index in [1.54, 1.807) is 19.4 Å². The van der Waals surface area contributed by atoms with E-state index in [9.17, 15) is 9.59 Å². The Bertz CT molecular complexity index is 500. The molecule has 0 bridgehead atoms. The van der Waals surface area contributed by atoms with Crippen molar-refractivity contribution in [1.29, 1.82) is 0 Å². The molecule has 116 valence electrons. The van der Waals surface area contributed by atoms with Gasteiger partial charge in [-0.1, -0.05) is 6.92 Å². The SMILES string of the molecule is CCC1OCCCC1C(=O)Nc1cnn(CC(=O)NC)c1. The van der Waals surface area contributed by atoms with Crippen LogP contribution in [0.15, 0.2) is 12.4 Å². The van der Waals surface area contributed by atoms with Gasteiger partial charge in [-0.15, -0.1) is 0 Å². The quantitative estimate of drug-likeness (QED) is 0.840. The second kappa shape index (κ2) is 7.21. The van der Waals surface area contributed by atoms with Crippen molar-refractivity contribution in [3.05, 3.63) is 12.4 Å². The molecule has 1 saturated heterocycles. The number of anilines is 1. The van der Waals surface area contributed by atoms with E-state index in [-0.39, 0.29) is 30.4 Å². The fourth-order valence-corrected chi connectivity index (χ4v) is 2.52. The van der Waals surface area contributed by atoms with E-state index in [4.69, 9.17) is 4.74 Å². The number of nitrogens with one attached hydrogen (secondary N) is 2. The van der Waals surface area contributed by atoms with Crippen LogP contribution in [0.5, 0.6) is 0 Å². The normalized spacial score (nSPS) is 21.8. The molecule has 2 unspecified atom stereocenters. The fraction of sp³-hybridized carbons (Fsp3) is 0.643. The van der Waals surface area contributed by atoms with Crippen molar-refractivity contribution < 1.29 is 14.3 Å². The molecule has 2 N–H and O–H groups in total. The minimum Gasteiger partial charge on any atom is -0.377 e. The van der Waals surface area contributed by atoms with Crippen LogP contribution in [0.1, 0.15) is 26.2 Å². The highest BCUT2D eigenvalue weighted by Gasteiger charge is 2.30. The van der Waals surface area contributed by atoms with E-state index >= 15 is 0 Å². The molecule has 1 aliphatic heterocycles. The van der Waals surface area contributed by atoms with Gasteiger partial charge in [-0.25, -0.2) is 0 Å². The first-order chi connectivity index (χ1) is 10.1. The Hall–Kier alpha value is -1.89. The summed E-state index contributed by atoms with van der Waals surface area (Å²) in [6.07, 6.45) is 5.76. The summed E-state index contributed by atoms with van der Waals surface area (Å²) in [5.41, 5.74) is 0.601. The summed E-state index contributed by atoms with van der Waals surface area (Å²) in [5, 5.41) is 9.43. The van der Waals surface area contributed by atoms with Gasteiger partial charge in [0.15, 0.2) is 0 Å². The lowest BCUT2D eigenvalue weighted by Gasteiger charge is -2.29. The van der Waals surface area contributed by atoms with E-state index in [1.807, 2.05) is 6.92 Å². The van der Waals surface area contributed by atoms with Crippen LogP contribution >= 0.6 is 0 Å². The number of aromatic nitrogens is 2. The molecule has 21 heavy (non-hydrogen) atoms. The van der Waals surface area contributed by atoms with Crippen molar-refractivity contribution in [1.82, 2.24) is 15.1 Å². The maximum absolute atomic E-state index is 12.3. The largest absolute Gasteiger partial charge is 0.377 e. The van der Waals surface area contributed by atoms with Gasteiger partial charge in [0.2, 0.25) is 11.8 Å². The minimum atomic E-state index is -0.136. The Kier molecular flexibility index (Phi) is 5.32. The third-order valence-electron chi connectivity index (χ3n) is 3.66. The molecule has 0 radical (unpaired) electrons. The molecule has 0 aliphatic carbocycles. The number of amides is 2. The molecule has 7 nitrogen and oxygen atoms in total. The molecule has 2 amide bonds. The number of likely N-dealkylation sites (N-methyl/N-ethyl adjacent to an activating group) is 1. The number of rotatable bonds is 5. The molecule has 1 aromatic rings. The van der Waals surface area contributed by atoms with Gasteiger partial charge >= 0.3 is 0 Å². The van der Waals surface area contributed by atoms with Crippen molar-refractivity contribution in [2.75, 3.05) is 19.0 Å². The van der Waals surface area contributed by atoms with Crippen LogP contribution in [0.4, 0.5) is 5.69 Å². The lowest BCUT2D eigenvalue weighted by molar-refractivity contribution is -0.129. The molecular weight excluding hydrogens is 272 g/mol. The molecule has 1 aromatic heterocycles. The molecular formula is C14H22N4O3. The molecule has 0 spiro atoms. The van der Waals surface area contributed by atoms with Gasteiger partial charge in [0.05, 0.1) is 23.9 Å². The van der Waals surface area contributed by atoms with Crippen molar-refractivity contribution in [2.24, 2.45) is 5.92 Å². The lowest BCUT2D eigenvalue weighted by Crippen LogP contribution is -2.37. The number of ether oxygens (including phenoxy) is 1. The lowest BCUT2D eigenvalue weighted by atomic mass is 9.92. The van der Waals surface area contributed by atoms with Crippen molar-refractivity contribution in [2.45, 2.75) is 38.8 Å². The van der Waals surface area contributed by atoms with Crippen LogP contribution in [0.25, 0.3) is 0 Å². The van der Waals surface area contributed by atoms with Crippen LogP contribution in [0.2, 0.25) is 0 Å². The average Bonchev–Trinajstić information content (AvgIpc) is 2.93. The Balaban J connectivity index is 1.94. The summed E-state index contributed by atoms with van der Waals surface area (Å²) in [6, 6.07) is 0. The number of carbonyl (C=O) groups is 2. The monoisotopic (exact) mass is 294 g/mol. The highest BCUT2D eigenvalue weighted by Crippen LogP contribution is 2.24. The Labute approximate surface area is 124 Å². The van der Waals surface area contributed by atoms with Gasteiger partial charge in [0.1, 0.15) is 6.54 Å². The zero-order chi connectivity index (χ0) is 15.2. The van der Waals surface area contributed by atoms with Gasteiger partial charge < -0.3 is 15.4 Å². The number of hydrogen-bond donors (Lipinski definition) is 2. The third kappa shape index (κ3) is 4.04. The molecule has 2 atom stereocenters. The topological polar surface area (TPSA) is 85.2 Å². The van der Waals surface area contributed by atoms with E-state index in [0.717, 1.165) is 25.9 Å². The van der Waals surface area contributed by atoms with Crippen molar-refractivity contribution in [3.8, 4) is 0 Å². The third-order valence-corrected chi connectivity index (χ3v) is 3.66. The summed E-state index contributed by atoms with van der Waals surface area (Å²) < 4.78 is 7.13. The predicted molar refractivity (Wildman–Crippen MR) is 77.7 cm³/mol. The maximum Gasteiger partial charge on any atom is 0.241 e. The number of hydrogen-bond acceptors (Lipinski definition) is 4. The summed E-state index contributed by atoms with van der Waals surface area (Å²) >= 11 is 0. The molecule has 0 saturated carbocycles. The first-order valence-electron chi connectivity index (χ1n) is 7.29. The summed E-state index contributed by atoms with van der Waals surface area (Å²) in [5.74, 6) is -0.296. The van der Waals surface area contributed by atoms with Crippen LogP contribution in [0.3, 0.4) is 0 Å². The fourth-order valence-electron chi connectivity index (χ4n) is 2.52. The van der Waals surface area contributed by atoms with Crippen molar-refractivity contribution in [3.63, 3.8) is 0 Å². The average molecular weight is 294 g/mol. The van der Waals surface area contributed by atoms with Gasteiger partial charge in [0.25, 0.3) is 0 Å². The summed E-state index contributed by atoms with van der Waals surface area (Å²) in [6.45, 7) is 2.89. The highest BCUT2D eigenvalue weighted by molar-refractivity contribution is 5.92. The Morgan fingerprint density at radius 3 is 3.05 bits per heavy atom. The van der Waals surface area contributed by atoms with E-state index in [1.165, 1.54) is 4.68 Å². The predicted octanol–water partition coefficient (Wildman–Crippen LogP) is 0.773. The standard InChI is InChI=1S/C14H22N4O3/c1-3-12-11(5-4-6-21-12)14(20)17-10-7-16-18(8-10)9-13(19)15-2/h7-8,11-12H,3-6,9H2,1-2H3,(H,15,19)(H,17,20). The second-order valence-electron chi connectivity index (χ2n) is 5.16.